The number of nitrogens with two attached hydrogens (primary N) is 1. The number of carbonyl (C=O) groups excluding carboxylic acids is 2. The van der Waals surface area contributed by atoms with E-state index in [1.807, 2.05) is 13.8 Å². The van der Waals surface area contributed by atoms with Crippen LogP contribution in [0.5, 0.6) is 5.75 Å². The van der Waals surface area contributed by atoms with Crippen LogP contribution in [0.15, 0.2) is 18.2 Å². The van der Waals surface area contributed by atoms with E-state index in [4.69, 9.17) is 10.5 Å². The van der Waals surface area contributed by atoms with Gasteiger partial charge in [0.1, 0.15) is 5.75 Å². The Hall–Kier alpha value is -2.04. The highest BCUT2D eigenvalue weighted by Crippen LogP contribution is 2.63. The minimum Gasteiger partial charge on any atom is -0.497 e. The Bertz CT molecular complexity index is 570. The summed E-state index contributed by atoms with van der Waals surface area (Å²) in [5.41, 5.74) is 6.53. The van der Waals surface area contributed by atoms with Gasteiger partial charge in [0.05, 0.1) is 30.3 Å². The van der Waals surface area contributed by atoms with Crippen molar-refractivity contribution < 1.29 is 14.3 Å². The molecule has 2 fully saturated rings. The fourth-order valence-corrected chi connectivity index (χ4v) is 3.05. The van der Waals surface area contributed by atoms with Gasteiger partial charge in [-0.3, -0.25) is 9.59 Å². The van der Waals surface area contributed by atoms with Gasteiger partial charge < -0.3 is 10.5 Å². The van der Waals surface area contributed by atoms with Gasteiger partial charge in [0.15, 0.2) is 0 Å². The van der Waals surface area contributed by atoms with Gasteiger partial charge in [-0.25, -0.2) is 4.90 Å². The first-order valence-corrected chi connectivity index (χ1v) is 6.21. The minimum absolute atomic E-state index is 0.142. The zero-order valence-corrected chi connectivity index (χ0v) is 11.1. The Kier molecular flexibility index (Phi) is 2.21. The number of hydrogen-bond acceptors (Lipinski definition) is 4. The average Bonchev–Trinajstić information content (AvgIpc) is 2.81. The second-order valence-electron chi connectivity index (χ2n) is 5.71. The lowest BCUT2D eigenvalue weighted by Crippen LogP contribution is -2.36. The summed E-state index contributed by atoms with van der Waals surface area (Å²) in [7, 11) is 1.54. The van der Waals surface area contributed by atoms with Crippen LogP contribution in [0.4, 0.5) is 11.4 Å². The molecule has 1 aliphatic carbocycles. The maximum atomic E-state index is 12.3. The first-order chi connectivity index (χ1) is 8.89. The molecule has 0 radical (unpaired) electrons. The third-order valence-corrected chi connectivity index (χ3v) is 4.28. The molecule has 0 spiro atoms. The number of benzene rings is 1. The van der Waals surface area contributed by atoms with Gasteiger partial charge in [-0.05, 0) is 17.5 Å². The van der Waals surface area contributed by atoms with Crippen LogP contribution in [0, 0.1) is 17.3 Å². The number of nitrogens with zero attached hydrogens (tertiary/aromatic N) is 1. The molecule has 19 heavy (non-hydrogen) atoms. The number of methoxy groups -OCH3 is 1. The first-order valence-electron chi connectivity index (χ1n) is 6.21. The molecular formula is C14H16N2O3. The quantitative estimate of drug-likeness (QED) is 0.644. The molecule has 2 N–H and O–H groups in total. The van der Waals surface area contributed by atoms with Crippen molar-refractivity contribution in [2.75, 3.05) is 17.7 Å². The molecule has 1 saturated carbocycles. The summed E-state index contributed by atoms with van der Waals surface area (Å²) < 4.78 is 5.06. The van der Waals surface area contributed by atoms with Gasteiger partial charge in [0.25, 0.3) is 0 Å². The van der Waals surface area contributed by atoms with Crippen LogP contribution in [-0.2, 0) is 9.59 Å². The number of piperidine rings is 1. The molecule has 2 unspecified atom stereocenters. The fraction of sp³-hybridized carbons (Fsp3) is 0.429. The van der Waals surface area contributed by atoms with Crippen molar-refractivity contribution in [3.8, 4) is 5.75 Å². The standard InChI is InChI=1S/C14H16N2O3/c1-14(2)10-11(14)13(18)16(12(10)17)9-5-4-7(19-3)6-8(9)15/h4-6,10-11H,15H2,1-3H3. The summed E-state index contributed by atoms with van der Waals surface area (Å²) in [4.78, 5) is 25.8. The Morgan fingerprint density at radius 2 is 1.79 bits per heavy atom. The van der Waals surface area contributed by atoms with Crippen LogP contribution in [0.25, 0.3) is 0 Å². The lowest BCUT2D eigenvalue weighted by Gasteiger charge is -2.22. The van der Waals surface area contributed by atoms with Gasteiger partial charge in [0, 0.05) is 6.07 Å². The van der Waals surface area contributed by atoms with Crippen molar-refractivity contribution >= 4 is 23.2 Å². The number of anilines is 2. The molecule has 2 atom stereocenters. The third-order valence-electron chi connectivity index (χ3n) is 4.28. The summed E-state index contributed by atoms with van der Waals surface area (Å²) in [6.45, 7) is 3.90. The molecule has 1 aliphatic heterocycles. The predicted molar refractivity (Wildman–Crippen MR) is 70.7 cm³/mol. The first kappa shape index (κ1) is 12.0. The lowest BCUT2D eigenvalue weighted by atomic mass is 10.0. The van der Waals surface area contributed by atoms with Gasteiger partial charge in [-0.15, -0.1) is 0 Å². The Morgan fingerprint density at radius 1 is 1.21 bits per heavy atom. The largest absolute Gasteiger partial charge is 0.497 e. The summed E-state index contributed by atoms with van der Waals surface area (Å²) in [6, 6.07) is 4.97. The molecule has 1 saturated heterocycles. The minimum atomic E-state index is -0.202. The number of rotatable bonds is 2. The number of imide groups is 1. The molecule has 0 bridgehead atoms. The summed E-state index contributed by atoms with van der Waals surface area (Å²) in [6.07, 6.45) is 0. The van der Waals surface area contributed by atoms with Crippen LogP contribution >= 0.6 is 0 Å². The molecule has 0 aromatic heterocycles. The molecule has 1 heterocycles. The number of nitrogen functional groups attached to an aromatic ring is 1. The normalized spacial score (nSPS) is 27.4. The van der Waals surface area contributed by atoms with Crippen LogP contribution in [-0.4, -0.2) is 18.9 Å². The van der Waals surface area contributed by atoms with Crippen molar-refractivity contribution in [2.45, 2.75) is 13.8 Å². The smallest absolute Gasteiger partial charge is 0.238 e. The number of ether oxygens (including phenoxy) is 1. The van der Waals surface area contributed by atoms with Crippen LogP contribution in [0.3, 0.4) is 0 Å². The Balaban J connectivity index is 1.97. The fourth-order valence-electron chi connectivity index (χ4n) is 3.05. The molecule has 2 amide bonds. The van der Waals surface area contributed by atoms with E-state index in [9.17, 15) is 9.59 Å². The van der Waals surface area contributed by atoms with E-state index in [2.05, 4.69) is 0 Å². The topological polar surface area (TPSA) is 72.6 Å². The molecule has 1 aromatic carbocycles. The zero-order valence-electron chi connectivity index (χ0n) is 11.1. The molecule has 1 aromatic rings. The Morgan fingerprint density at radius 3 is 2.26 bits per heavy atom. The van der Waals surface area contributed by atoms with E-state index in [1.54, 1.807) is 18.2 Å². The van der Waals surface area contributed by atoms with Crippen LogP contribution in [0.1, 0.15) is 13.8 Å². The zero-order chi connectivity index (χ0) is 13.9. The number of amides is 2. The second kappa shape index (κ2) is 3.50. The highest BCUT2D eigenvalue weighted by Gasteiger charge is 2.72. The van der Waals surface area contributed by atoms with Gasteiger partial charge in [-0.1, -0.05) is 13.8 Å². The molecule has 2 aliphatic rings. The van der Waals surface area contributed by atoms with Gasteiger partial charge >= 0.3 is 0 Å². The van der Waals surface area contributed by atoms with Crippen LogP contribution < -0.4 is 15.4 Å². The lowest BCUT2D eigenvalue weighted by molar-refractivity contribution is -0.125. The predicted octanol–water partition coefficient (Wildman–Crippen LogP) is 1.42. The molecule has 5 heteroatoms. The highest BCUT2D eigenvalue weighted by atomic mass is 16.5. The highest BCUT2D eigenvalue weighted by molar-refractivity contribution is 6.26. The number of fused-ring (bicyclic) bond motifs is 1. The van der Waals surface area contributed by atoms with E-state index in [0.717, 1.165) is 0 Å². The van der Waals surface area contributed by atoms with Crippen LogP contribution in [0.2, 0.25) is 0 Å². The Labute approximate surface area is 111 Å². The maximum absolute atomic E-state index is 12.3. The van der Waals surface area contributed by atoms with E-state index in [0.29, 0.717) is 17.1 Å². The average molecular weight is 260 g/mol. The number of carbonyl (C=O) groups is 2. The van der Waals surface area contributed by atoms with Crippen molar-refractivity contribution in [2.24, 2.45) is 17.3 Å². The molecular weight excluding hydrogens is 244 g/mol. The van der Waals surface area contributed by atoms with E-state index in [1.165, 1.54) is 12.0 Å². The van der Waals surface area contributed by atoms with Crippen molar-refractivity contribution in [3.63, 3.8) is 0 Å². The third kappa shape index (κ3) is 1.41. The van der Waals surface area contributed by atoms with E-state index >= 15 is 0 Å². The molecule has 5 nitrogen and oxygen atoms in total. The monoisotopic (exact) mass is 260 g/mol. The number of hydrogen-bond donors (Lipinski definition) is 1. The summed E-state index contributed by atoms with van der Waals surface area (Å²) in [5.74, 6) is -0.0671. The molecule has 3 rings (SSSR count). The maximum Gasteiger partial charge on any atom is 0.238 e. The van der Waals surface area contributed by atoms with Crippen molar-refractivity contribution in [1.29, 1.82) is 0 Å². The SMILES string of the molecule is COc1ccc(N2C(=O)C3C(C2=O)C3(C)C)c(N)c1. The molecule has 100 valence electrons. The summed E-state index contributed by atoms with van der Waals surface area (Å²) >= 11 is 0. The van der Waals surface area contributed by atoms with Crippen molar-refractivity contribution in [1.82, 2.24) is 0 Å². The van der Waals surface area contributed by atoms with E-state index < -0.39 is 0 Å². The summed E-state index contributed by atoms with van der Waals surface area (Å²) in [5, 5.41) is 0. The van der Waals surface area contributed by atoms with Crippen molar-refractivity contribution in [3.05, 3.63) is 18.2 Å². The second-order valence-corrected chi connectivity index (χ2v) is 5.71. The van der Waals surface area contributed by atoms with Gasteiger partial charge in [-0.2, -0.15) is 0 Å². The van der Waals surface area contributed by atoms with E-state index in [-0.39, 0.29) is 29.1 Å². The van der Waals surface area contributed by atoms with Gasteiger partial charge in [0.2, 0.25) is 11.8 Å².